The number of fused-ring (bicyclic) bond motifs is 1. The number of hydrogen-bond donors (Lipinski definition) is 2. The topological polar surface area (TPSA) is 81.7 Å². The lowest BCUT2D eigenvalue weighted by atomic mass is 10.1. The highest BCUT2D eigenvalue weighted by Gasteiger charge is 2.49. The maximum atomic E-state index is 11.5. The molecule has 2 aliphatic rings. The average molecular weight is 307 g/mol. The van der Waals surface area contributed by atoms with Gasteiger partial charge < -0.3 is 24.8 Å². The predicted molar refractivity (Wildman–Crippen MR) is 78.3 cm³/mol. The van der Waals surface area contributed by atoms with Gasteiger partial charge in [-0.15, -0.1) is 0 Å². The van der Waals surface area contributed by atoms with Gasteiger partial charge in [0, 0.05) is 19.3 Å². The van der Waals surface area contributed by atoms with Crippen molar-refractivity contribution >= 4 is 6.09 Å². The zero-order chi connectivity index (χ0) is 15.4. The lowest BCUT2D eigenvalue weighted by molar-refractivity contribution is 0.00399. The number of nitrogens with zero attached hydrogens (tertiary/aromatic N) is 1. The first kappa shape index (κ1) is 15.2. The quantitative estimate of drug-likeness (QED) is 0.822. The van der Waals surface area contributed by atoms with Crippen molar-refractivity contribution < 1.29 is 19.0 Å². The Hall–Kier alpha value is -1.70. The normalized spacial score (nSPS) is 30.0. The van der Waals surface area contributed by atoms with E-state index in [0.29, 0.717) is 26.3 Å². The highest BCUT2D eigenvalue weighted by Crippen LogP contribution is 2.29. The number of ether oxygens (including phenoxy) is 3. The molecule has 2 aliphatic heterocycles. The SMILES string of the molecule is CCNC(=O)O[C@H]1CO[C@@H]2[C@@H]1OC[C@@H]2NCc1ccccn1. The fourth-order valence-corrected chi connectivity index (χ4v) is 2.80. The fraction of sp³-hybridized carbons (Fsp3) is 0.600. The van der Waals surface area contributed by atoms with Crippen LogP contribution in [0.15, 0.2) is 24.4 Å². The molecule has 0 radical (unpaired) electrons. The van der Waals surface area contributed by atoms with E-state index < -0.39 is 6.09 Å². The van der Waals surface area contributed by atoms with E-state index in [-0.39, 0.29) is 24.4 Å². The van der Waals surface area contributed by atoms with Gasteiger partial charge in [-0.25, -0.2) is 4.79 Å². The van der Waals surface area contributed by atoms with Crippen molar-refractivity contribution in [1.29, 1.82) is 0 Å². The summed E-state index contributed by atoms with van der Waals surface area (Å²) in [5.74, 6) is 0. The van der Waals surface area contributed by atoms with Crippen molar-refractivity contribution in [3.8, 4) is 0 Å². The Morgan fingerprint density at radius 2 is 2.23 bits per heavy atom. The summed E-state index contributed by atoms with van der Waals surface area (Å²) in [4.78, 5) is 15.8. The van der Waals surface area contributed by atoms with E-state index in [1.165, 1.54) is 0 Å². The molecule has 1 aromatic heterocycles. The minimum atomic E-state index is -0.426. The van der Waals surface area contributed by atoms with Gasteiger partial charge >= 0.3 is 6.09 Å². The van der Waals surface area contributed by atoms with Crippen LogP contribution in [0.2, 0.25) is 0 Å². The van der Waals surface area contributed by atoms with Crippen LogP contribution in [0, 0.1) is 0 Å². The van der Waals surface area contributed by atoms with Gasteiger partial charge in [-0.3, -0.25) is 4.98 Å². The maximum absolute atomic E-state index is 11.5. The van der Waals surface area contributed by atoms with Gasteiger partial charge in [0.2, 0.25) is 0 Å². The van der Waals surface area contributed by atoms with Crippen LogP contribution in [0.1, 0.15) is 12.6 Å². The zero-order valence-electron chi connectivity index (χ0n) is 12.5. The molecule has 2 N–H and O–H groups in total. The number of amides is 1. The lowest BCUT2D eigenvalue weighted by Gasteiger charge is -2.17. The molecule has 0 bridgehead atoms. The van der Waals surface area contributed by atoms with Gasteiger partial charge in [-0.05, 0) is 19.1 Å². The van der Waals surface area contributed by atoms with E-state index in [1.807, 2.05) is 25.1 Å². The number of nitrogens with one attached hydrogen (secondary N) is 2. The summed E-state index contributed by atoms with van der Waals surface area (Å²) < 4.78 is 16.8. The number of aromatic nitrogens is 1. The predicted octanol–water partition coefficient (Wildman–Crippen LogP) is 0.452. The third-order valence-electron chi connectivity index (χ3n) is 3.86. The summed E-state index contributed by atoms with van der Waals surface area (Å²) in [5.41, 5.74) is 0.971. The summed E-state index contributed by atoms with van der Waals surface area (Å²) in [6.45, 7) is 3.95. The highest BCUT2D eigenvalue weighted by molar-refractivity contribution is 5.67. The molecule has 3 heterocycles. The van der Waals surface area contributed by atoms with E-state index in [0.717, 1.165) is 5.69 Å². The molecule has 2 fully saturated rings. The Bertz CT molecular complexity index is 499. The molecule has 3 rings (SSSR count). The van der Waals surface area contributed by atoms with Crippen molar-refractivity contribution in [3.05, 3.63) is 30.1 Å². The van der Waals surface area contributed by atoms with Crippen molar-refractivity contribution in [2.75, 3.05) is 19.8 Å². The van der Waals surface area contributed by atoms with Gasteiger partial charge in [0.15, 0.2) is 6.10 Å². The van der Waals surface area contributed by atoms with E-state index in [4.69, 9.17) is 14.2 Å². The Labute approximate surface area is 129 Å². The first-order valence-corrected chi connectivity index (χ1v) is 7.59. The molecule has 120 valence electrons. The second-order valence-corrected chi connectivity index (χ2v) is 5.38. The summed E-state index contributed by atoms with van der Waals surface area (Å²) in [5, 5.41) is 6.01. The fourth-order valence-electron chi connectivity index (χ4n) is 2.80. The summed E-state index contributed by atoms with van der Waals surface area (Å²) in [6.07, 6.45) is 0.697. The molecular weight excluding hydrogens is 286 g/mol. The van der Waals surface area contributed by atoms with Crippen LogP contribution in [-0.4, -0.2) is 55.2 Å². The summed E-state index contributed by atoms with van der Waals surface area (Å²) in [6, 6.07) is 5.90. The monoisotopic (exact) mass is 307 g/mol. The molecule has 1 amide bonds. The largest absolute Gasteiger partial charge is 0.441 e. The van der Waals surface area contributed by atoms with E-state index in [2.05, 4.69) is 15.6 Å². The van der Waals surface area contributed by atoms with Crippen LogP contribution in [-0.2, 0) is 20.8 Å². The lowest BCUT2D eigenvalue weighted by Crippen LogP contribution is -2.41. The van der Waals surface area contributed by atoms with Crippen molar-refractivity contribution in [1.82, 2.24) is 15.6 Å². The molecule has 0 aromatic carbocycles. The zero-order valence-corrected chi connectivity index (χ0v) is 12.5. The first-order valence-electron chi connectivity index (χ1n) is 7.59. The van der Waals surface area contributed by atoms with Crippen molar-refractivity contribution in [2.24, 2.45) is 0 Å². The number of hydrogen-bond acceptors (Lipinski definition) is 6. The number of alkyl carbamates (subject to hydrolysis) is 1. The Kier molecular flexibility index (Phi) is 4.87. The second-order valence-electron chi connectivity index (χ2n) is 5.38. The minimum Gasteiger partial charge on any atom is -0.441 e. The number of carbonyl (C=O) groups is 1. The van der Waals surface area contributed by atoms with Gasteiger partial charge in [-0.1, -0.05) is 6.07 Å². The second kappa shape index (κ2) is 7.04. The standard InChI is InChI=1S/C15H21N3O4/c1-2-16-15(19)22-12-9-21-13-11(8-20-14(12)13)18-7-10-5-3-4-6-17-10/h3-6,11-14,18H,2,7-9H2,1H3,(H,16,19)/t11-,12-,13-,14+/m0/s1. The number of rotatable bonds is 5. The van der Waals surface area contributed by atoms with Gasteiger partial charge in [0.1, 0.15) is 12.2 Å². The highest BCUT2D eigenvalue weighted by atomic mass is 16.6. The van der Waals surface area contributed by atoms with Crippen LogP contribution < -0.4 is 10.6 Å². The van der Waals surface area contributed by atoms with Crippen LogP contribution in [0.3, 0.4) is 0 Å². The molecule has 0 aliphatic carbocycles. The van der Waals surface area contributed by atoms with Crippen LogP contribution in [0.25, 0.3) is 0 Å². The Morgan fingerprint density at radius 1 is 1.36 bits per heavy atom. The van der Waals surface area contributed by atoms with E-state index >= 15 is 0 Å². The third-order valence-corrected chi connectivity index (χ3v) is 3.86. The molecule has 7 heteroatoms. The molecule has 7 nitrogen and oxygen atoms in total. The van der Waals surface area contributed by atoms with Gasteiger partial charge in [-0.2, -0.15) is 0 Å². The molecular formula is C15H21N3O4. The molecule has 0 spiro atoms. The van der Waals surface area contributed by atoms with Crippen LogP contribution in [0.5, 0.6) is 0 Å². The minimum absolute atomic E-state index is 0.0786. The average Bonchev–Trinajstić information content (AvgIpc) is 3.10. The molecule has 1 aromatic rings. The summed E-state index contributed by atoms with van der Waals surface area (Å²) in [7, 11) is 0. The number of carbonyl (C=O) groups excluding carboxylic acids is 1. The van der Waals surface area contributed by atoms with Crippen molar-refractivity contribution in [3.63, 3.8) is 0 Å². The molecule has 22 heavy (non-hydrogen) atoms. The van der Waals surface area contributed by atoms with Gasteiger partial charge in [0.05, 0.1) is 24.9 Å². The van der Waals surface area contributed by atoms with Crippen LogP contribution in [0.4, 0.5) is 4.79 Å². The first-order chi connectivity index (χ1) is 10.8. The molecule has 0 saturated carbocycles. The molecule has 4 atom stereocenters. The number of pyridine rings is 1. The van der Waals surface area contributed by atoms with E-state index in [1.54, 1.807) is 6.20 Å². The molecule has 0 unspecified atom stereocenters. The van der Waals surface area contributed by atoms with Crippen LogP contribution >= 0.6 is 0 Å². The van der Waals surface area contributed by atoms with E-state index in [9.17, 15) is 4.79 Å². The smallest absolute Gasteiger partial charge is 0.407 e. The molecule has 2 saturated heterocycles. The Balaban J connectivity index is 1.50. The maximum Gasteiger partial charge on any atom is 0.407 e. The third kappa shape index (κ3) is 3.37. The van der Waals surface area contributed by atoms with Crippen molar-refractivity contribution in [2.45, 2.75) is 37.8 Å². The summed E-state index contributed by atoms with van der Waals surface area (Å²) >= 11 is 0. The van der Waals surface area contributed by atoms with Gasteiger partial charge in [0.25, 0.3) is 0 Å². The Morgan fingerprint density at radius 3 is 3.00 bits per heavy atom.